The van der Waals surface area contributed by atoms with E-state index in [-0.39, 0.29) is 5.91 Å². The summed E-state index contributed by atoms with van der Waals surface area (Å²) in [6.07, 6.45) is 5.40. The first-order valence-corrected chi connectivity index (χ1v) is 8.76. The van der Waals surface area contributed by atoms with E-state index in [4.69, 9.17) is 14.2 Å². The van der Waals surface area contributed by atoms with Crippen molar-refractivity contribution in [1.29, 1.82) is 0 Å². The number of methoxy groups -OCH3 is 3. The van der Waals surface area contributed by atoms with Crippen LogP contribution in [0.3, 0.4) is 0 Å². The fourth-order valence-corrected chi connectivity index (χ4v) is 2.87. The van der Waals surface area contributed by atoms with Crippen molar-refractivity contribution in [3.05, 3.63) is 71.8 Å². The Balaban J connectivity index is 1.65. The van der Waals surface area contributed by atoms with Crippen molar-refractivity contribution >= 4 is 5.91 Å². The number of hydrogen-bond acceptors (Lipinski definition) is 5. The fourth-order valence-electron chi connectivity index (χ4n) is 2.87. The summed E-state index contributed by atoms with van der Waals surface area (Å²) in [6, 6.07) is 11.1. The lowest BCUT2D eigenvalue weighted by Crippen LogP contribution is -2.22. The highest BCUT2D eigenvalue weighted by molar-refractivity contribution is 5.94. The van der Waals surface area contributed by atoms with Gasteiger partial charge in [0.05, 0.1) is 27.7 Å². The van der Waals surface area contributed by atoms with Gasteiger partial charge in [-0.25, -0.2) is 4.98 Å². The second-order valence-corrected chi connectivity index (χ2v) is 6.15. The van der Waals surface area contributed by atoms with Crippen LogP contribution in [-0.2, 0) is 13.1 Å². The Morgan fingerprint density at radius 1 is 1.00 bits per heavy atom. The molecule has 1 amide bonds. The van der Waals surface area contributed by atoms with Crippen LogP contribution < -0.4 is 19.5 Å². The number of carbonyl (C=O) groups excluding carboxylic acids is 1. The standard InChI is InChI=1S/C21H23N3O4/c1-26-18-10-16(11-19(27-2)20(18)28-3)12-23-21(25)17-6-4-15(5-7-17)13-24-9-8-22-14-24/h4-11,14H,12-13H2,1-3H3,(H,23,25). The molecule has 0 saturated heterocycles. The van der Waals surface area contributed by atoms with Crippen LogP contribution >= 0.6 is 0 Å². The maximum absolute atomic E-state index is 12.5. The normalized spacial score (nSPS) is 10.4. The summed E-state index contributed by atoms with van der Waals surface area (Å²) in [6.45, 7) is 1.06. The molecule has 0 unspecified atom stereocenters. The van der Waals surface area contributed by atoms with Crippen LogP contribution in [0.5, 0.6) is 17.2 Å². The fraction of sp³-hybridized carbons (Fsp3) is 0.238. The number of imidazole rings is 1. The summed E-state index contributed by atoms with van der Waals surface area (Å²) < 4.78 is 18.0. The maximum atomic E-state index is 12.5. The molecule has 0 aliphatic carbocycles. The van der Waals surface area contributed by atoms with Gasteiger partial charge in [0.25, 0.3) is 5.91 Å². The Hall–Kier alpha value is -3.48. The van der Waals surface area contributed by atoms with E-state index >= 15 is 0 Å². The van der Waals surface area contributed by atoms with Crippen LogP contribution in [0.15, 0.2) is 55.1 Å². The molecule has 0 spiro atoms. The molecular weight excluding hydrogens is 358 g/mol. The molecule has 3 rings (SSSR count). The van der Waals surface area contributed by atoms with Crippen LogP contribution in [0, 0.1) is 0 Å². The minimum absolute atomic E-state index is 0.150. The molecule has 0 aliphatic heterocycles. The topological polar surface area (TPSA) is 74.6 Å². The third-order valence-corrected chi connectivity index (χ3v) is 4.32. The van der Waals surface area contributed by atoms with Crippen molar-refractivity contribution in [3.8, 4) is 17.2 Å². The number of aromatic nitrogens is 2. The monoisotopic (exact) mass is 381 g/mol. The number of ether oxygens (including phenoxy) is 3. The van der Waals surface area contributed by atoms with Gasteiger partial charge >= 0.3 is 0 Å². The van der Waals surface area contributed by atoms with Gasteiger partial charge in [0.2, 0.25) is 5.75 Å². The lowest BCUT2D eigenvalue weighted by molar-refractivity contribution is 0.0951. The van der Waals surface area contributed by atoms with E-state index in [2.05, 4.69) is 10.3 Å². The van der Waals surface area contributed by atoms with Crippen LogP contribution in [0.2, 0.25) is 0 Å². The number of benzene rings is 2. The lowest BCUT2D eigenvalue weighted by Gasteiger charge is -2.14. The van der Waals surface area contributed by atoms with E-state index in [1.54, 1.807) is 33.9 Å². The quantitative estimate of drug-likeness (QED) is 0.649. The van der Waals surface area contributed by atoms with E-state index in [1.807, 2.05) is 47.2 Å². The zero-order valence-electron chi connectivity index (χ0n) is 16.1. The van der Waals surface area contributed by atoms with Gasteiger partial charge in [-0.15, -0.1) is 0 Å². The average Bonchev–Trinajstić information content (AvgIpc) is 3.24. The molecule has 0 saturated carbocycles. The van der Waals surface area contributed by atoms with Crippen molar-refractivity contribution in [2.24, 2.45) is 0 Å². The maximum Gasteiger partial charge on any atom is 0.251 e. The second-order valence-electron chi connectivity index (χ2n) is 6.15. The molecule has 0 aliphatic rings. The predicted molar refractivity (Wildman–Crippen MR) is 105 cm³/mol. The molecule has 0 fully saturated rings. The third kappa shape index (κ3) is 4.43. The molecule has 3 aromatic rings. The van der Waals surface area contributed by atoms with Crippen LogP contribution in [0.25, 0.3) is 0 Å². The highest BCUT2D eigenvalue weighted by Crippen LogP contribution is 2.38. The lowest BCUT2D eigenvalue weighted by atomic mass is 10.1. The van der Waals surface area contributed by atoms with Crippen LogP contribution in [0.1, 0.15) is 21.5 Å². The molecule has 0 bridgehead atoms. The molecule has 2 aromatic carbocycles. The summed E-state index contributed by atoms with van der Waals surface area (Å²) in [5, 5.41) is 2.91. The summed E-state index contributed by atoms with van der Waals surface area (Å²) in [7, 11) is 4.67. The summed E-state index contributed by atoms with van der Waals surface area (Å²) in [4.78, 5) is 16.5. The highest BCUT2D eigenvalue weighted by Gasteiger charge is 2.14. The number of nitrogens with one attached hydrogen (secondary N) is 1. The number of nitrogens with zero attached hydrogens (tertiary/aromatic N) is 2. The largest absolute Gasteiger partial charge is 0.493 e. The van der Waals surface area contributed by atoms with Crippen molar-refractivity contribution in [2.75, 3.05) is 21.3 Å². The van der Waals surface area contributed by atoms with Gasteiger partial charge in [-0.1, -0.05) is 12.1 Å². The Kier molecular flexibility index (Phi) is 6.16. The summed E-state index contributed by atoms with van der Waals surface area (Å²) in [5.74, 6) is 1.47. The van der Waals surface area contributed by atoms with E-state index in [0.717, 1.165) is 11.1 Å². The molecule has 0 radical (unpaired) electrons. The first-order valence-electron chi connectivity index (χ1n) is 8.76. The van der Waals surface area contributed by atoms with Crippen molar-refractivity contribution < 1.29 is 19.0 Å². The molecule has 1 N–H and O–H groups in total. The smallest absolute Gasteiger partial charge is 0.251 e. The Labute approximate surface area is 163 Å². The first-order chi connectivity index (χ1) is 13.6. The Morgan fingerprint density at radius 2 is 1.68 bits per heavy atom. The highest BCUT2D eigenvalue weighted by atomic mass is 16.5. The van der Waals surface area contributed by atoms with Crippen molar-refractivity contribution in [1.82, 2.24) is 14.9 Å². The average molecular weight is 381 g/mol. The SMILES string of the molecule is COc1cc(CNC(=O)c2ccc(Cn3ccnc3)cc2)cc(OC)c1OC. The van der Waals surface area contributed by atoms with Gasteiger partial charge in [-0.2, -0.15) is 0 Å². The molecule has 7 nitrogen and oxygen atoms in total. The summed E-state index contributed by atoms with van der Waals surface area (Å²) in [5.41, 5.74) is 2.54. The van der Waals surface area contributed by atoms with Crippen LogP contribution in [0.4, 0.5) is 0 Å². The van der Waals surface area contributed by atoms with Crippen LogP contribution in [-0.4, -0.2) is 36.8 Å². The van der Waals surface area contributed by atoms with Gasteiger partial charge in [0, 0.05) is 31.0 Å². The number of hydrogen-bond donors (Lipinski definition) is 1. The molecule has 7 heteroatoms. The van der Waals surface area contributed by atoms with Gasteiger partial charge in [0.15, 0.2) is 11.5 Å². The third-order valence-electron chi connectivity index (χ3n) is 4.32. The minimum Gasteiger partial charge on any atom is -0.493 e. The predicted octanol–water partition coefficient (Wildman–Crippen LogP) is 2.89. The zero-order chi connectivity index (χ0) is 19.9. The first kappa shape index (κ1) is 19.3. The van der Waals surface area contributed by atoms with E-state index in [9.17, 15) is 4.79 Å². The number of amides is 1. The minimum atomic E-state index is -0.150. The van der Waals surface area contributed by atoms with Gasteiger partial charge in [0.1, 0.15) is 0 Å². The molecule has 146 valence electrons. The van der Waals surface area contributed by atoms with Crippen molar-refractivity contribution in [2.45, 2.75) is 13.1 Å². The molecule has 0 atom stereocenters. The zero-order valence-corrected chi connectivity index (χ0v) is 16.1. The molecule has 1 heterocycles. The van der Waals surface area contributed by atoms with Gasteiger partial charge in [-0.3, -0.25) is 4.79 Å². The van der Waals surface area contributed by atoms with Gasteiger partial charge < -0.3 is 24.1 Å². The van der Waals surface area contributed by atoms with Gasteiger partial charge in [-0.05, 0) is 35.4 Å². The molecule has 28 heavy (non-hydrogen) atoms. The molecular formula is C21H23N3O4. The van der Waals surface area contributed by atoms with E-state index < -0.39 is 0 Å². The molecule has 1 aromatic heterocycles. The van der Waals surface area contributed by atoms with Crippen molar-refractivity contribution in [3.63, 3.8) is 0 Å². The Morgan fingerprint density at radius 3 is 2.21 bits per heavy atom. The van der Waals surface area contributed by atoms with E-state index in [0.29, 0.717) is 35.9 Å². The number of carbonyl (C=O) groups is 1. The second kappa shape index (κ2) is 8.94. The van der Waals surface area contributed by atoms with E-state index in [1.165, 1.54) is 0 Å². The summed E-state index contributed by atoms with van der Waals surface area (Å²) >= 11 is 0. The Bertz CT molecular complexity index is 896. The number of rotatable bonds is 8.